The molecule has 3 rings (SSSR count). The molecule has 2 aromatic carbocycles. The van der Waals surface area contributed by atoms with E-state index in [-0.39, 0.29) is 29.3 Å². The number of carbonyl (C=O) groups excluding carboxylic acids is 2. The van der Waals surface area contributed by atoms with Crippen molar-refractivity contribution >= 4 is 33.5 Å². The van der Waals surface area contributed by atoms with Crippen LogP contribution in [0.3, 0.4) is 0 Å². The number of methoxy groups -OCH3 is 1. The largest absolute Gasteiger partial charge is 0.495 e. The molecule has 174 valence electrons. The van der Waals surface area contributed by atoms with Crippen molar-refractivity contribution in [1.29, 1.82) is 0 Å². The topological polar surface area (TPSA) is 124 Å². The first kappa shape index (κ1) is 24.3. The van der Waals surface area contributed by atoms with Gasteiger partial charge in [0.1, 0.15) is 16.4 Å². The Morgan fingerprint density at radius 3 is 2.48 bits per heavy atom. The zero-order valence-corrected chi connectivity index (χ0v) is 19.1. The number of hydrogen-bond donors (Lipinski definition) is 2. The van der Waals surface area contributed by atoms with Gasteiger partial charge in [0.15, 0.2) is 6.61 Å². The second kappa shape index (κ2) is 11.0. The van der Waals surface area contributed by atoms with Crippen molar-refractivity contribution in [2.75, 3.05) is 13.7 Å². The fourth-order valence-corrected chi connectivity index (χ4v) is 4.07. The highest BCUT2D eigenvalue weighted by Gasteiger charge is 2.22. The van der Waals surface area contributed by atoms with Crippen LogP contribution in [0.2, 0.25) is 5.02 Å². The highest BCUT2D eigenvalue weighted by molar-refractivity contribution is 7.89. The first-order valence-electron chi connectivity index (χ1n) is 9.67. The van der Waals surface area contributed by atoms with Gasteiger partial charge in [-0.1, -0.05) is 23.7 Å². The van der Waals surface area contributed by atoms with E-state index in [1.807, 2.05) is 0 Å². The average Bonchev–Trinajstić information content (AvgIpc) is 3.34. The van der Waals surface area contributed by atoms with Gasteiger partial charge in [0.05, 0.1) is 25.5 Å². The quantitative estimate of drug-likeness (QED) is 0.417. The third kappa shape index (κ3) is 6.82. The number of ether oxygens (including phenoxy) is 2. The SMILES string of the molecule is COc1ccc(C(=O)OCC(=O)NCc2ccco2)cc1S(=O)(=O)NCc1ccc(Cl)cc1. The Morgan fingerprint density at radius 2 is 1.82 bits per heavy atom. The van der Waals surface area contributed by atoms with Gasteiger partial charge in [-0.15, -0.1) is 0 Å². The molecule has 0 radical (unpaired) electrons. The zero-order valence-electron chi connectivity index (χ0n) is 17.5. The van der Waals surface area contributed by atoms with Crippen molar-refractivity contribution in [2.24, 2.45) is 0 Å². The third-order valence-corrected chi connectivity index (χ3v) is 6.12. The number of furan rings is 1. The van der Waals surface area contributed by atoms with Crippen LogP contribution in [0.1, 0.15) is 21.7 Å². The predicted molar refractivity (Wildman–Crippen MR) is 119 cm³/mol. The summed E-state index contributed by atoms with van der Waals surface area (Å²) in [6.45, 7) is -0.386. The Labute approximate surface area is 195 Å². The first-order chi connectivity index (χ1) is 15.8. The molecule has 1 heterocycles. The molecule has 0 saturated heterocycles. The summed E-state index contributed by atoms with van der Waals surface area (Å²) in [5.41, 5.74) is 0.638. The molecule has 1 amide bonds. The number of hydrogen-bond acceptors (Lipinski definition) is 7. The highest BCUT2D eigenvalue weighted by atomic mass is 35.5. The van der Waals surface area contributed by atoms with Crippen molar-refractivity contribution in [3.05, 3.63) is 82.8 Å². The van der Waals surface area contributed by atoms with E-state index in [1.165, 1.54) is 25.5 Å². The highest BCUT2D eigenvalue weighted by Crippen LogP contribution is 2.25. The summed E-state index contributed by atoms with van der Waals surface area (Å²) in [5.74, 6) is -0.803. The molecule has 0 aliphatic rings. The Kier molecular flexibility index (Phi) is 8.10. The molecule has 2 N–H and O–H groups in total. The van der Waals surface area contributed by atoms with Crippen LogP contribution in [0, 0.1) is 0 Å². The van der Waals surface area contributed by atoms with Gasteiger partial charge >= 0.3 is 5.97 Å². The van der Waals surface area contributed by atoms with Crippen LogP contribution in [0.4, 0.5) is 0 Å². The van der Waals surface area contributed by atoms with Crippen LogP contribution in [0.15, 0.2) is 70.2 Å². The number of halogens is 1. The summed E-state index contributed by atoms with van der Waals surface area (Å²) < 4.78 is 43.4. The van der Waals surface area contributed by atoms with Crippen molar-refractivity contribution in [1.82, 2.24) is 10.0 Å². The van der Waals surface area contributed by atoms with Gasteiger partial charge in [-0.05, 0) is 48.0 Å². The lowest BCUT2D eigenvalue weighted by atomic mass is 10.2. The second-order valence-electron chi connectivity index (χ2n) is 6.75. The Hall–Kier alpha value is -3.34. The maximum atomic E-state index is 12.8. The number of amides is 1. The van der Waals surface area contributed by atoms with Gasteiger partial charge in [0.2, 0.25) is 10.0 Å². The van der Waals surface area contributed by atoms with Gasteiger partial charge in [-0.3, -0.25) is 4.79 Å². The van der Waals surface area contributed by atoms with E-state index in [4.69, 9.17) is 25.5 Å². The molecule has 0 atom stereocenters. The number of benzene rings is 2. The number of carbonyl (C=O) groups is 2. The summed E-state index contributed by atoms with van der Waals surface area (Å²) in [7, 11) is -2.72. The second-order valence-corrected chi connectivity index (χ2v) is 8.92. The molecule has 0 fully saturated rings. The molecule has 9 nitrogen and oxygen atoms in total. The number of esters is 1. The summed E-state index contributed by atoms with van der Waals surface area (Å²) >= 11 is 5.84. The molecule has 0 spiro atoms. The maximum Gasteiger partial charge on any atom is 0.338 e. The molecule has 3 aromatic rings. The van der Waals surface area contributed by atoms with E-state index in [1.54, 1.807) is 36.4 Å². The lowest BCUT2D eigenvalue weighted by Gasteiger charge is -2.12. The standard InChI is InChI=1S/C22H21ClN2O7S/c1-30-19-9-6-16(22(27)32-14-21(26)24-13-18-3-2-10-31-18)11-20(19)33(28,29)25-12-15-4-7-17(23)8-5-15/h2-11,25H,12-14H2,1H3,(H,24,26). The monoisotopic (exact) mass is 492 g/mol. The van der Waals surface area contributed by atoms with E-state index >= 15 is 0 Å². The molecule has 0 unspecified atom stereocenters. The average molecular weight is 493 g/mol. The minimum Gasteiger partial charge on any atom is -0.495 e. The van der Waals surface area contributed by atoms with E-state index in [0.717, 1.165) is 6.07 Å². The normalized spacial score (nSPS) is 11.1. The van der Waals surface area contributed by atoms with Gasteiger partial charge in [-0.2, -0.15) is 0 Å². The molecule has 1 aromatic heterocycles. The molecule has 0 bridgehead atoms. The van der Waals surface area contributed by atoms with Crippen molar-refractivity contribution in [3.8, 4) is 5.75 Å². The lowest BCUT2D eigenvalue weighted by molar-refractivity contribution is -0.124. The number of nitrogens with one attached hydrogen (secondary N) is 2. The van der Waals surface area contributed by atoms with Crippen molar-refractivity contribution < 1.29 is 31.9 Å². The van der Waals surface area contributed by atoms with E-state index in [9.17, 15) is 18.0 Å². The number of sulfonamides is 1. The summed E-state index contributed by atoms with van der Waals surface area (Å²) in [4.78, 5) is 24.0. The smallest absolute Gasteiger partial charge is 0.338 e. The van der Waals surface area contributed by atoms with Gasteiger partial charge in [-0.25, -0.2) is 17.9 Å². The van der Waals surface area contributed by atoms with Crippen LogP contribution in [-0.2, 0) is 32.6 Å². The first-order valence-corrected chi connectivity index (χ1v) is 11.5. The van der Waals surface area contributed by atoms with E-state index in [2.05, 4.69) is 10.0 Å². The van der Waals surface area contributed by atoms with Crippen LogP contribution in [0.5, 0.6) is 5.75 Å². The lowest BCUT2D eigenvalue weighted by Crippen LogP contribution is -2.28. The van der Waals surface area contributed by atoms with Gasteiger partial charge in [0.25, 0.3) is 5.91 Å². The molecule has 0 aliphatic carbocycles. The Bertz CT molecular complexity index is 1210. The van der Waals surface area contributed by atoms with E-state index in [0.29, 0.717) is 16.3 Å². The van der Waals surface area contributed by atoms with Gasteiger partial charge in [0, 0.05) is 11.6 Å². The fourth-order valence-electron chi connectivity index (χ4n) is 2.74. The summed E-state index contributed by atoms with van der Waals surface area (Å²) in [6, 6.07) is 13.9. The molecule has 0 saturated carbocycles. The minimum atomic E-state index is -4.04. The van der Waals surface area contributed by atoms with Crippen LogP contribution in [0.25, 0.3) is 0 Å². The van der Waals surface area contributed by atoms with Crippen LogP contribution < -0.4 is 14.8 Å². The zero-order chi connectivity index (χ0) is 23.8. The van der Waals surface area contributed by atoms with Crippen molar-refractivity contribution in [2.45, 2.75) is 18.0 Å². The van der Waals surface area contributed by atoms with Gasteiger partial charge < -0.3 is 19.2 Å². The Balaban J connectivity index is 1.65. The molecular weight excluding hydrogens is 472 g/mol. The van der Waals surface area contributed by atoms with Crippen LogP contribution >= 0.6 is 11.6 Å². The summed E-state index contributed by atoms with van der Waals surface area (Å²) in [6.07, 6.45) is 1.47. The fraction of sp³-hybridized carbons (Fsp3) is 0.182. The van der Waals surface area contributed by atoms with E-state index < -0.39 is 28.5 Å². The van der Waals surface area contributed by atoms with Crippen LogP contribution in [-0.4, -0.2) is 34.0 Å². The molecular formula is C22H21ClN2O7S. The minimum absolute atomic E-state index is 0.00711. The maximum absolute atomic E-state index is 12.8. The Morgan fingerprint density at radius 1 is 1.06 bits per heavy atom. The number of rotatable bonds is 10. The third-order valence-electron chi connectivity index (χ3n) is 4.44. The van der Waals surface area contributed by atoms with Crippen molar-refractivity contribution in [3.63, 3.8) is 0 Å². The molecule has 33 heavy (non-hydrogen) atoms. The molecule has 11 heteroatoms. The molecule has 0 aliphatic heterocycles. The predicted octanol–water partition coefficient (Wildman–Crippen LogP) is 2.89. The summed E-state index contributed by atoms with van der Waals surface area (Å²) in [5, 5.41) is 3.07.